The zero-order valence-corrected chi connectivity index (χ0v) is 10.0. The van der Waals surface area contributed by atoms with E-state index >= 15 is 0 Å². The molecule has 1 fully saturated rings. The number of β-amino-alcohol motifs (C(OH)–C–C–N with tert-alkyl or cyclic N) is 1. The van der Waals surface area contributed by atoms with E-state index in [-0.39, 0.29) is 12.0 Å². The minimum absolute atomic E-state index is 0.00593. The molecular formula is C13H18N2O2. The van der Waals surface area contributed by atoms with Crippen molar-refractivity contribution >= 4 is 11.6 Å². The van der Waals surface area contributed by atoms with E-state index in [9.17, 15) is 9.90 Å². The van der Waals surface area contributed by atoms with Crippen molar-refractivity contribution in [2.45, 2.75) is 18.9 Å². The van der Waals surface area contributed by atoms with Crippen molar-refractivity contribution in [3.05, 3.63) is 29.8 Å². The van der Waals surface area contributed by atoms with Crippen LogP contribution in [-0.2, 0) is 0 Å². The lowest BCUT2D eigenvalue weighted by Crippen LogP contribution is -2.42. The van der Waals surface area contributed by atoms with Crippen LogP contribution in [0.25, 0.3) is 0 Å². The minimum Gasteiger partial charge on any atom is -0.391 e. The summed E-state index contributed by atoms with van der Waals surface area (Å²) in [6.45, 7) is 1.19. The topological polar surface area (TPSA) is 52.6 Å². The van der Waals surface area contributed by atoms with E-state index in [1.807, 2.05) is 31.3 Å². The molecule has 1 aliphatic rings. The van der Waals surface area contributed by atoms with Gasteiger partial charge in [0, 0.05) is 31.4 Å². The summed E-state index contributed by atoms with van der Waals surface area (Å²) in [6, 6.07) is 7.39. The summed E-state index contributed by atoms with van der Waals surface area (Å²) in [4.78, 5) is 13.9. The third kappa shape index (κ3) is 2.77. The van der Waals surface area contributed by atoms with Crippen molar-refractivity contribution in [1.29, 1.82) is 0 Å². The number of rotatable bonds is 2. The van der Waals surface area contributed by atoms with Crippen molar-refractivity contribution in [3.8, 4) is 0 Å². The molecule has 1 aromatic rings. The Labute approximate surface area is 101 Å². The molecule has 1 heterocycles. The molecule has 4 heteroatoms. The van der Waals surface area contributed by atoms with Crippen molar-refractivity contribution in [2.75, 3.05) is 25.5 Å². The normalized spacial score (nSPS) is 20.1. The van der Waals surface area contributed by atoms with Gasteiger partial charge in [-0.15, -0.1) is 0 Å². The first-order valence-corrected chi connectivity index (χ1v) is 5.96. The van der Waals surface area contributed by atoms with Gasteiger partial charge >= 0.3 is 0 Å². The van der Waals surface area contributed by atoms with Gasteiger partial charge in [-0.25, -0.2) is 0 Å². The van der Waals surface area contributed by atoms with Crippen LogP contribution in [0.2, 0.25) is 0 Å². The highest BCUT2D eigenvalue weighted by Crippen LogP contribution is 2.15. The Morgan fingerprint density at radius 3 is 2.71 bits per heavy atom. The molecule has 0 aromatic heterocycles. The van der Waals surface area contributed by atoms with Gasteiger partial charge in [0.1, 0.15) is 0 Å². The lowest BCUT2D eigenvalue weighted by atomic mass is 10.1. The summed E-state index contributed by atoms with van der Waals surface area (Å²) in [5.41, 5.74) is 1.67. The van der Waals surface area contributed by atoms with Gasteiger partial charge in [0.2, 0.25) is 0 Å². The van der Waals surface area contributed by atoms with Crippen LogP contribution in [0.1, 0.15) is 23.2 Å². The van der Waals surface area contributed by atoms with Crippen LogP contribution in [0.5, 0.6) is 0 Å². The Morgan fingerprint density at radius 1 is 1.41 bits per heavy atom. The van der Waals surface area contributed by atoms with Gasteiger partial charge < -0.3 is 15.3 Å². The molecule has 1 atom stereocenters. The number of hydrogen-bond acceptors (Lipinski definition) is 3. The maximum absolute atomic E-state index is 12.1. The fraction of sp³-hybridized carbons (Fsp3) is 0.462. The quantitative estimate of drug-likeness (QED) is 0.811. The summed E-state index contributed by atoms with van der Waals surface area (Å²) in [7, 11) is 1.85. The van der Waals surface area contributed by atoms with Gasteiger partial charge in [-0.3, -0.25) is 4.79 Å². The number of benzene rings is 1. The number of amides is 1. The monoisotopic (exact) mass is 234 g/mol. The predicted molar refractivity (Wildman–Crippen MR) is 67.1 cm³/mol. The first-order chi connectivity index (χ1) is 8.20. The first-order valence-electron chi connectivity index (χ1n) is 5.96. The van der Waals surface area contributed by atoms with Gasteiger partial charge in [0.25, 0.3) is 5.91 Å². The van der Waals surface area contributed by atoms with Gasteiger partial charge in [-0.1, -0.05) is 0 Å². The minimum atomic E-state index is -0.371. The second kappa shape index (κ2) is 5.19. The summed E-state index contributed by atoms with van der Waals surface area (Å²) < 4.78 is 0. The van der Waals surface area contributed by atoms with Crippen molar-refractivity contribution < 1.29 is 9.90 Å². The fourth-order valence-electron chi connectivity index (χ4n) is 2.10. The number of anilines is 1. The number of aliphatic hydroxyl groups is 1. The number of nitrogens with one attached hydrogen (secondary N) is 1. The maximum Gasteiger partial charge on any atom is 0.253 e. The molecule has 92 valence electrons. The molecule has 2 rings (SSSR count). The Hall–Kier alpha value is -1.55. The molecule has 1 amide bonds. The molecule has 4 nitrogen and oxygen atoms in total. The SMILES string of the molecule is CNc1ccc(C(=O)N2CCCC(O)C2)cc1. The van der Waals surface area contributed by atoms with Crippen molar-refractivity contribution in [2.24, 2.45) is 0 Å². The maximum atomic E-state index is 12.1. The standard InChI is InChI=1S/C13H18N2O2/c1-14-11-6-4-10(5-7-11)13(17)15-8-2-3-12(16)9-15/h4-7,12,14,16H,2-3,8-9H2,1H3. The number of hydrogen-bond donors (Lipinski definition) is 2. The van der Waals surface area contributed by atoms with E-state index in [4.69, 9.17) is 0 Å². The van der Waals surface area contributed by atoms with E-state index in [0.717, 1.165) is 25.1 Å². The van der Waals surface area contributed by atoms with Crippen LogP contribution in [0.3, 0.4) is 0 Å². The average Bonchev–Trinajstić information content (AvgIpc) is 2.38. The Kier molecular flexibility index (Phi) is 3.64. The molecule has 1 unspecified atom stereocenters. The van der Waals surface area contributed by atoms with Gasteiger partial charge in [-0.2, -0.15) is 0 Å². The number of carbonyl (C=O) groups is 1. The lowest BCUT2D eigenvalue weighted by Gasteiger charge is -2.30. The number of likely N-dealkylation sites (tertiary alicyclic amines) is 1. The predicted octanol–water partition coefficient (Wildman–Crippen LogP) is 1.33. The largest absolute Gasteiger partial charge is 0.391 e. The van der Waals surface area contributed by atoms with Crippen LogP contribution in [0.15, 0.2) is 24.3 Å². The second-order valence-corrected chi connectivity index (χ2v) is 4.37. The van der Waals surface area contributed by atoms with Gasteiger partial charge in [0.15, 0.2) is 0 Å². The van der Waals surface area contributed by atoms with E-state index in [1.54, 1.807) is 4.90 Å². The van der Waals surface area contributed by atoms with Crippen LogP contribution in [0, 0.1) is 0 Å². The van der Waals surface area contributed by atoms with E-state index < -0.39 is 0 Å². The molecule has 0 radical (unpaired) electrons. The highest BCUT2D eigenvalue weighted by Gasteiger charge is 2.22. The molecule has 0 spiro atoms. The number of piperidine rings is 1. The Balaban J connectivity index is 2.07. The molecule has 1 aromatic carbocycles. The summed E-state index contributed by atoms with van der Waals surface area (Å²) in [5.74, 6) is 0.00593. The number of carbonyl (C=O) groups excluding carboxylic acids is 1. The summed E-state index contributed by atoms with van der Waals surface area (Å²) in [6.07, 6.45) is 1.30. The second-order valence-electron chi connectivity index (χ2n) is 4.37. The molecule has 2 N–H and O–H groups in total. The molecular weight excluding hydrogens is 216 g/mol. The average molecular weight is 234 g/mol. The van der Waals surface area contributed by atoms with E-state index in [1.165, 1.54) is 0 Å². The number of nitrogens with zero attached hydrogens (tertiary/aromatic N) is 1. The smallest absolute Gasteiger partial charge is 0.253 e. The van der Waals surface area contributed by atoms with Gasteiger partial charge in [0.05, 0.1) is 6.10 Å². The molecule has 0 saturated carbocycles. The lowest BCUT2D eigenvalue weighted by molar-refractivity contribution is 0.0474. The first kappa shape index (κ1) is 11.9. The third-order valence-electron chi connectivity index (χ3n) is 3.10. The van der Waals surface area contributed by atoms with Crippen molar-refractivity contribution in [3.63, 3.8) is 0 Å². The molecule has 17 heavy (non-hydrogen) atoms. The Morgan fingerprint density at radius 2 is 2.12 bits per heavy atom. The summed E-state index contributed by atoms with van der Waals surface area (Å²) in [5, 5.41) is 12.6. The van der Waals surface area contributed by atoms with Crippen LogP contribution in [-0.4, -0.2) is 42.2 Å². The Bertz CT molecular complexity index is 389. The van der Waals surface area contributed by atoms with Crippen molar-refractivity contribution in [1.82, 2.24) is 4.90 Å². The zero-order valence-electron chi connectivity index (χ0n) is 10.0. The molecule has 0 bridgehead atoms. The highest BCUT2D eigenvalue weighted by atomic mass is 16.3. The molecule has 1 saturated heterocycles. The number of aliphatic hydroxyl groups excluding tert-OH is 1. The van der Waals surface area contributed by atoms with E-state index in [2.05, 4.69) is 5.32 Å². The van der Waals surface area contributed by atoms with Crippen LogP contribution in [0.4, 0.5) is 5.69 Å². The summed E-state index contributed by atoms with van der Waals surface area (Å²) >= 11 is 0. The highest BCUT2D eigenvalue weighted by molar-refractivity contribution is 5.94. The third-order valence-corrected chi connectivity index (χ3v) is 3.10. The molecule has 1 aliphatic heterocycles. The fourth-order valence-corrected chi connectivity index (χ4v) is 2.10. The molecule has 0 aliphatic carbocycles. The zero-order chi connectivity index (χ0) is 12.3. The van der Waals surface area contributed by atoms with E-state index in [0.29, 0.717) is 12.1 Å². The van der Waals surface area contributed by atoms with Crippen LogP contribution >= 0.6 is 0 Å². The van der Waals surface area contributed by atoms with Crippen LogP contribution < -0.4 is 5.32 Å². The van der Waals surface area contributed by atoms with Gasteiger partial charge in [-0.05, 0) is 37.1 Å².